The van der Waals surface area contributed by atoms with Crippen LogP contribution in [0, 0.1) is 6.92 Å². The van der Waals surface area contributed by atoms with Crippen molar-refractivity contribution in [1.29, 1.82) is 0 Å². The van der Waals surface area contributed by atoms with Gasteiger partial charge in [-0.25, -0.2) is 4.98 Å². The predicted octanol–water partition coefficient (Wildman–Crippen LogP) is 3.88. The number of rotatable bonds is 3. The number of hydrogen-bond donors (Lipinski definition) is 2. The molecule has 0 atom stereocenters. The van der Waals surface area contributed by atoms with Gasteiger partial charge in [0.05, 0.1) is 7.11 Å². The van der Waals surface area contributed by atoms with E-state index in [1.165, 1.54) is 0 Å². The molecule has 0 saturated heterocycles. The van der Waals surface area contributed by atoms with E-state index in [1.807, 2.05) is 42.5 Å². The molecule has 3 N–H and O–H groups in total. The fourth-order valence-electron chi connectivity index (χ4n) is 2.42. The number of nitrogen functional groups attached to an aromatic ring is 1. The normalized spacial score (nSPS) is 10.6. The van der Waals surface area contributed by atoms with Crippen molar-refractivity contribution in [1.82, 2.24) is 4.98 Å². The van der Waals surface area contributed by atoms with Gasteiger partial charge in [-0.1, -0.05) is 12.1 Å². The first-order chi connectivity index (χ1) is 10.2. The third kappa shape index (κ3) is 2.48. The van der Waals surface area contributed by atoms with Gasteiger partial charge in [0.2, 0.25) is 0 Å². The molecule has 0 bridgehead atoms. The van der Waals surface area contributed by atoms with Crippen molar-refractivity contribution in [3.8, 4) is 5.75 Å². The molecule has 106 valence electrons. The van der Waals surface area contributed by atoms with Gasteiger partial charge in [0, 0.05) is 34.4 Å². The molecule has 0 radical (unpaired) electrons. The molecule has 21 heavy (non-hydrogen) atoms. The Kier molecular flexibility index (Phi) is 3.36. The summed E-state index contributed by atoms with van der Waals surface area (Å²) in [4.78, 5) is 4.45. The van der Waals surface area contributed by atoms with Gasteiger partial charge in [-0.05, 0) is 36.8 Å². The highest BCUT2D eigenvalue weighted by atomic mass is 16.5. The van der Waals surface area contributed by atoms with E-state index in [0.717, 1.165) is 39.3 Å². The van der Waals surface area contributed by atoms with E-state index in [-0.39, 0.29) is 0 Å². The lowest BCUT2D eigenvalue weighted by Gasteiger charge is -2.12. The average Bonchev–Trinajstić information content (AvgIpc) is 2.51. The highest BCUT2D eigenvalue weighted by Crippen LogP contribution is 2.31. The van der Waals surface area contributed by atoms with Crippen LogP contribution >= 0.6 is 0 Å². The number of nitrogens with two attached hydrogens (primary N) is 1. The number of aromatic nitrogens is 1. The van der Waals surface area contributed by atoms with Gasteiger partial charge >= 0.3 is 0 Å². The molecule has 3 rings (SSSR count). The van der Waals surface area contributed by atoms with Crippen LogP contribution in [0.1, 0.15) is 5.56 Å². The Hall–Kier alpha value is -2.75. The number of methoxy groups -OCH3 is 1. The molecule has 4 nitrogen and oxygen atoms in total. The third-order valence-corrected chi connectivity index (χ3v) is 3.50. The summed E-state index contributed by atoms with van der Waals surface area (Å²) in [6.45, 7) is 2.06. The van der Waals surface area contributed by atoms with Gasteiger partial charge in [-0.3, -0.25) is 0 Å². The number of nitrogens with one attached hydrogen (secondary N) is 1. The standard InChI is InChI=1S/C17H17N3O/c1-11-6-7-15(18)14-8-9-19-17(16(11)14)20-12-4-3-5-13(10-12)21-2/h3-10H,18H2,1-2H3,(H,19,20). The molecule has 1 heterocycles. The molecule has 2 aromatic carbocycles. The Labute approximate surface area is 123 Å². The fourth-order valence-corrected chi connectivity index (χ4v) is 2.42. The minimum absolute atomic E-state index is 0.756. The maximum atomic E-state index is 6.06. The van der Waals surface area contributed by atoms with Crippen LogP contribution in [-0.4, -0.2) is 12.1 Å². The molecule has 4 heteroatoms. The number of benzene rings is 2. The van der Waals surface area contributed by atoms with Crippen LogP contribution < -0.4 is 15.8 Å². The summed E-state index contributed by atoms with van der Waals surface area (Å²) in [5, 5.41) is 5.39. The smallest absolute Gasteiger partial charge is 0.138 e. The minimum Gasteiger partial charge on any atom is -0.497 e. The summed E-state index contributed by atoms with van der Waals surface area (Å²) in [5.41, 5.74) is 8.88. The lowest BCUT2D eigenvalue weighted by atomic mass is 10.1. The van der Waals surface area contributed by atoms with Crippen molar-refractivity contribution in [3.63, 3.8) is 0 Å². The van der Waals surface area contributed by atoms with Crippen molar-refractivity contribution >= 4 is 28.0 Å². The van der Waals surface area contributed by atoms with E-state index < -0.39 is 0 Å². The second-order valence-corrected chi connectivity index (χ2v) is 4.91. The van der Waals surface area contributed by atoms with Gasteiger partial charge in [0.1, 0.15) is 11.6 Å². The van der Waals surface area contributed by atoms with E-state index in [1.54, 1.807) is 13.3 Å². The van der Waals surface area contributed by atoms with Crippen LogP contribution in [0.25, 0.3) is 10.8 Å². The zero-order chi connectivity index (χ0) is 14.8. The molecule has 0 aliphatic rings. The predicted molar refractivity (Wildman–Crippen MR) is 87.2 cm³/mol. The lowest BCUT2D eigenvalue weighted by molar-refractivity contribution is 0.415. The van der Waals surface area contributed by atoms with E-state index >= 15 is 0 Å². The van der Waals surface area contributed by atoms with E-state index in [2.05, 4.69) is 17.2 Å². The highest BCUT2D eigenvalue weighted by molar-refractivity contribution is 6.02. The first kappa shape index (κ1) is 13.2. The van der Waals surface area contributed by atoms with Crippen molar-refractivity contribution in [3.05, 3.63) is 54.2 Å². The SMILES string of the molecule is COc1cccc(Nc2nccc3c(N)ccc(C)c23)c1. The number of fused-ring (bicyclic) bond motifs is 1. The first-order valence-corrected chi connectivity index (χ1v) is 6.74. The van der Waals surface area contributed by atoms with Crippen LogP contribution in [0.3, 0.4) is 0 Å². The number of pyridine rings is 1. The molecule has 0 aliphatic heterocycles. The second kappa shape index (κ2) is 5.32. The molecule has 1 aromatic heterocycles. The summed E-state index contributed by atoms with van der Waals surface area (Å²) < 4.78 is 5.24. The van der Waals surface area contributed by atoms with E-state index in [4.69, 9.17) is 10.5 Å². The zero-order valence-electron chi connectivity index (χ0n) is 12.1. The van der Waals surface area contributed by atoms with E-state index in [0.29, 0.717) is 0 Å². The van der Waals surface area contributed by atoms with Crippen molar-refractivity contribution in [2.75, 3.05) is 18.2 Å². The first-order valence-electron chi connectivity index (χ1n) is 6.74. The van der Waals surface area contributed by atoms with Gasteiger partial charge in [0.25, 0.3) is 0 Å². The maximum absolute atomic E-state index is 6.06. The summed E-state index contributed by atoms with van der Waals surface area (Å²) in [6, 6.07) is 13.6. The second-order valence-electron chi connectivity index (χ2n) is 4.91. The Bertz CT molecular complexity index is 799. The number of hydrogen-bond acceptors (Lipinski definition) is 4. The van der Waals surface area contributed by atoms with Crippen LogP contribution in [-0.2, 0) is 0 Å². The number of aryl methyl sites for hydroxylation is 1. The monoisotopic (exact) mass is 279 g/mol. The van der Waals surface area contributed by atoms with Gasteiger partial charge in [-0.15, -0.1) is 0 Å². The van der Waals surface area contributed by atoms with Crippen molar-refractivity contribution in [2.24, 2.45) is 0 Å². The number of nitrogens with zero attached hydrogens (tertiary/aromatic N) is 1. The highest BCUT2D eigenvalue weighted by Gasteiger charge is 2.08. The van der Waals surface area contributed by atoms with Gasteiger partial charge in [0.15, 0.2) is 0 Å². The van der Waals surface area contributed by atoms with Crippen molar-refractivity contribution < 1.29 is 4.74 Å². The Morgan fingerprint density at radius 3 is 2.81 bits per heavy atom. The molecule has 0 saturated carbocycles. The van der Waals surface area contributed by atoms with Crippen LogP contribution in [0.5, 0.6) is 5.75 Å². The molecule has 0 fully saturated rings. The number of ether oxygens (including phenoxy) is 1. The van der Waals surface area contributed by atoms with Crippen molar-refractivity contribution in [2.45, 2.75) is 6.92 Å². The average molecular weight is 279 g/mol. The summed E-state index contributed by atoms with van der Waals surface area (Å²) in [6.07, 6.45) is 1.76. The minimum atomic E-state index is 0.756. The van der Waals surface area contributed by atoms with E-state index in [9.17, 15) is 0 Å². The fraction of sp³-hybridized carbons (Fsp3) is 0.118. The van der Waals surface area contributed by atoms with Gasteiger partial charge in [-0.2, -0.15) is 0 Å². The molecule has 0 amide bonds. The molecule has 3 aromatic rings. The summed E-state index contributed by atoms with van der Waals surface area (Å²) >= 11 is 0. The Morgan fingerprint density at radius 2 is 2.00 bits per heavy atom. The Morgan fingerprint density at radius 1 is 1.14 bits per heavy atom. The molecular weight excluding hydrogens is 262 g/mol. The molecule has 0 aliphatic carbocycles. The third-order valence-electron chi connectivity index (χ3n) is 3.50. The Balaban J connectivity index is 2.10. The molecule has 0 unspecified atom stereocenters. The quantitative estimate of drug-likeness (QED) is 0.714. The number of anilines is 3. The summed E-state index contributed by atoms with van der Waals surface area (Å²) in [5.74, 6) is 1.60. The molecular formula is C17H17N3O. The topological polar surface area (TPSA) is 60.2 Å². The van der Waals surface area contributed by atoms with Gasteiger partial charge < -0.3 is 15.8 Å². The maximum Gasteiger partial charge on any atom is 0.138 e. The van der Waals surface area contributed by atoms with Crippen LogP contribution in [0.15, 0.2) is 48.7 Å². The lowest BCUT2D eigenvalue weighted by Crippen LogP contribution is -1.98. The zero-order valence-corrected chi connectivity index (χ0v) is 12.1. The van der Waals surface area contributed by atoms with Crippen LogP contribution in [0.2, 0.25) is 0 Å². The van der Waals surface area contributed by atoms with Crippen LogP contribution in [0.4, 0.5) is 17.2 Å². The molecule has 0 spiro atoms. The summed E-state index contributed by atoms with van der Waals surface area (Å²) in [7, 11) is 1.65. The largest absolute Gasteiger partial charge is 0.497 e.